The van der Waals surface area contributed by atoms with Crippen molar-refractivity contribution in [1.29, 1.82) is 0 Å². The molecule has 1 N–H and O–H groups in total. The zero-order valence-electron chi connectivity index (χ0n) is 27.7. The fourth-order valence-electron chi connectivity index (χ4n) is 8.78. The summed E-state index contributed by atoms with van der Waals surface area (Å²) < 4.78 is 5.81. The van der Waals surface area contributed by atoms with Crippen LogP contribution >= 0.6 is 0 Å². The van der Waals surface area contributed by atoms with Crippen LogP contribution in [0.1, 0.15) is 58.8 Å². The number of hydrogen-bond acceptors (Lipinski definition) is 2. The van der Waals surface area contributed by atoms with Crippen LogP contribution in [0.2, 0.25) is 0 Å². The molecule has 5 atom stereocenters. The van der Waals surface area contributed by atoms with E-state index < -0.39 is 0 Å². The van der Waals surface area contributed by atoms with Gasteiger partial charge in [0, 0.05) is 46.5 Å². The molecular weight excluding hydrogens is 595 g/mol. The Hall–Kier alpha value is -5.34. The molecule has 9 rings (SSSR count). The molecule has 1 aromatic heterocycles. The zero-order valence-corrected chi connectivity index (χ0v) is 27.7. The highest BCUT2D eigenvalue weighted by Crippen LogP contribution is 2.71. The minimum atomic E-state index is -0.0326. The number of furan rings is 1. The number of hydrogen-bond donors (Lipinski definition) is 1. The normalized spacial score (nSPS) is 26.2. The van der Waals surface area contributed by atoms with Crippen molar-refractivity contribution >= 4 is 29.0 Å². The van der Waals surface area contributed by atoms with E-state index >= 15 is 0 Å². The Balaban J connectivity index is 1.09. The van der Waals surface area contributed by atoms with Crippen molar-refractivity contribution in [3.8, 4) is 0 Å². The molecular formula is C47H41NO. The number of rotatable bonds is 8. The fourth-order valence-corrected chi connectivity index (χ4v) is 8.78. The van der Waals surface area contributed by atoms with E-state index in [4.69, 9.17) is 4.42 Å². The number of fused-ring (bicyclic) bond motifs is 2. The monoisotopic (exact) mass is 635 g/mol. The molecule has 4 aromatic rings. The Kier molecular flexibility index (Phi) is 7.65. The second-order valence-electron chi connectivity index (χ2n) is 14.0. The highest BCUT2D eigenvalue weighted by molar-refractivity contribution is 5.90. The minimum absolute atomic E-state index is 0.0326. The van der Waals surface area contributed by atoms with Gasteiger partial charge in [0.25, 0.3) is 0 Å². The highest BCUT2D eigenvalue weighted by Gasteiger charge is 2.66. The van der Waals surface area contributed by atoms with Crippen molar-refractivity contribution in [3.05, 3.63) is 197 Å². The van der Waals surface area contributed by atoms with Crippen LogP contribution in [0.3, 0.4) is 0 Å². The summed E-state index contributed by atoms with van der Waals surface area (Å²) in [6, 6.07) is 31.3. The Bertz CT molecular complexity index is 2110. The lowest BCUT2D eigenvalue weighted by Gasteiger charge is -2.23. The maximum absolute atomic E-state index is 5.81. The van der Waals surface area contributed by atoms with Crippen molar-refractivity contribution in [3.63, 3.8) is 0 Å². The van der Waals surface area contributed by atoms with Crippen LogP contribution in [0.25, 0.3) is 23.3 Å². The van der Waals surface area contributed by atoms with Crippen LogP contribution in [-0.4, -0.2) is 6.54 Å². The Labute approximate surface area is 290 Å². The van der Waals surface area contributed by atoms with Crippen molar-refractivity contribution in [1.82, 2.24) is 0 Å². The predicted molar refractivity (Wildman–Crippen MR) is 205 cm³/mol. The van der Waals surface area contributed by atoms with Gasteiger partial charge in [-0.05, 0) is 83.4 Å². The van der Waals surface area contributed by atoms with Gasteiger partial charge < -0.3 is 9.73 Å². The number of nitrogens with one attached hydrogen (secondary N) is 1. The van der Waals surface area contributed by atoms with E-state index in [2.05, 4.69) is 169 Å². The van der Waals surface area contributed by atoms with Crippen molar-refractivity contribution in [2.75, 3.05) is 11.9 Å². The summed E-state index contributed by atoms with van der Waals surface area (Å²) >= 11 is 0. The van der Waals surface area contributed by atoms with Gasteiger partial charge in [-0.15, -0.1) is 0 Å². The molecule has 0 aliphatic heterocycles. The van der Waals surface area contributed by atoms with Crippen LogP contribution in [0.4, 0.5) is 5.69 Å². The van der Waals surface area contributed by atoms with Gasteiger partial charge in [-0.3, -0.25) is 0 Å². The number of anilines is 1. The first-order valence-electron chi connectivity index (χ1n) is 17.8. The first-order chi connectivity index (χ1) is 24.3. The van der Waals surface area contributed by atoms with Gasteiger partial charge in [-0.25, -0.2) is 0 Å². The smallest absolute Gasteiger partial charge is 0.133 e. The van der Waals surface area contributed by atoms with E-state index in [1.165, 1.54) is 39.1 Å². The molecule has 5 aliphatic carbocycles. The molecule has 5 aliphatic rings. The summed E-state index contributed by atoms with van der Waals surface area (Å²) in [6.07, 6.45) is 34.9. The van der Waals surface area contributed by atoms with Crippen LogP contribution < -0.4 is 5.32 Å². The molecule has 0 saturated heterocycles. The topological polar surface area (TPSA) is 25.2 Å². The molecule has 1 fully saturated rings. The Morgan fingerprint density at radius 2 is 1.67 bits per heavy atom. The lowest BCUT2D eigenvalue weighted by atomic mass is 9.81. The fraction of sp³-hybridized carbons (Fsp3) is 0.191. The maximum atomic E-state index is 5.81. The van der Waals surface area contributed by atoms with Crippen molar-refractivity contribution < 1.29 is 4.42 Å². The molecule has 3 aromatic carbocycles. The summed E-state index contributed by atoms with van der Waals surface area (Å²) in [4.78, 5) is 0. The third-order valence-electron chi connectivity index (χ3n) is 11.2. The summed E-state index contributed by atoms with van der Waals surface area (Å²) in [5.74, 6) is 2.60. The Morgan fingerprint density at radius 3 is 2.53 bits per heavy atom. The van der Waals surface area contributed by atoms with Crippen LogP contribution in [0, 0.1) is 17.8 Å². The molecule has 49 heavy (non-hydrogen) atoms. The average Bonchev–Trinajstić information content (AvgIpc) is 3.76. The summed E-state index contributed by atoms with van der Waals surface area (Å²) in [5, 5.41) is 3.93. The van der Waals surface area contributed by atoms with Crippen LogP contribution in [0.15, 0.2) is 168 Å². The summed E-state index contributed by atoms with van der Waals surface area (Å²) in [6.45, 7) is 0.879. The highest BCUT2D eigenvalue weighted by atomic mass is 16.3. The summed E-state index contributed by atoms with van der Waals surface area (Å²) in [7, 11) is 0. The van der Waals surface area contributed by atoms with Crippen molar-refractivity contribution in [2.24, 2.45) is 17.8 Å². The Morgan fingerprint density at radius 1 is 0.796 bits per heavy atom. The van der Waals surface area contributed by atoms with E-state index in [-0.39, 0.29) is 5.41 Å². The summed E-state index contributed by atoms with van der Waals surface area (Å²) in [5.41, 5.74) is 11.9. The third-order valence-corrected chi connectivity index (χ3v) is 11.2. The lowest BCUT2D eigenvalue weighted by Crippen LogP contribution is -2.15. The number of benzene rings is 3. The third kappa shape index (κ3) is 5.46. The van der Waals surface area contributed by atoms with Crippen LogP contribution in [-0.2, 0) is 5.41 Å². The molecule has 5 unspecified atom stereocenters. The van der Waals surface area contributed by atoms with Gasteiger partial charge >= 0.3 is 0 Å². The van der Waals surface area contributed by atoms with E-state index in [1.54, 1.807) is 11.8 Å². The van der Waals surface area contributed by atoms with Crippen molar-refractivity contribution in [2.45, 2.75) is 30.6 Å². The molecule has 0 spiro atoms. The predicted octanol–water partition coefficient (Wildman–Crippen LogP) is 11.6. The molecule has 1 saturated carbocycles. The first kappa shape index (κ1) is 29.8. The van der Waals surface area contributed by atoms with Gasteiger partial charge in [0.2, 0.25) is 0 Å². The van der Waals surface area contributed by atoms with Gasteiger partial charge in [0.1, 0.15) is 5.76 Å². The lowest BCUT2D eigenvalue weighted by molar-refractivity contribution is 0.556. The standard InChI is InChI=1S/C47H41NO/c1-4-14-34(15-5-1)36-18-10-13-33(29-36)32-48-43-25-24-39(31-42(43)37-19-11-23-44-38(30-37)26-28-49-44)45-46-41(35-16-6-2-7-17-35)22-12-27-47(45,46)40-20-8-3-9-21-40/h1-12,14-16,18,20-31,33,35,45-46,48H,13,17,19,32H2. The first-order valence-corrected chi connectivity index (χ1v) is 17.8. The van der Waals surface area contributed by atoms with E-state index in [0.29, 0.717) is 23.7 Å². The molecule has 0 bridgehead atoms. The minimum Gasteiger partial charge on any atom is -0.464 e. The average molecular weight is 636 g/mol. The molecule has 2 heteroatoms. The SMILES string of the molecule is C1=CCC(C2=CC=CC3(c4ccccc4)C2C3c2ccc(NCC3C=C(c4ccccc4)C=CC3)c(C3=Cc4ccoc4C=CC3)c2)C=C1. The van der Waals surface area contributed by atoms with E-state index in [1.807, 2.05) is 0 Å². The molecule has 0 radical (unpaired) electrons. The maximum Gasteiger partial charge on any atom is 0.133 e. The molecule has 1 heterocycles. The van der Waals surface area contributed by atoms with Gasteiger partial charge in [0.15, 0.2) is 0 Å². The molecule has 240 valence electrons. The van der Waals surface area contributed by atoms with E-state index in [9.17, 15) is 0 Å². The number of allylic oxidation sites excluding steroid dienone is 13. The van der Waals surface area contributed by atoms with Gasteiger partial charge in [0.05, 0.1) is 6.26 Å². The largest absolute Gasteiger partial charge is 0.464 e. The van der Waals surface area contributed by atoms with Gasteiger partial charge in [-0.2, -0.15) is 0 Å². The quantitative estimate of drug-likeness (QED) is 0.208. The molecule has 2 nitrogen and oxygen atoms in total. The van der Waals surface area contributed by atoms with E-state index in [0.717, 1.165) is 37.1 Å². The second-order valence-corrected chi connectivity index (χ2v) is 14.0. The zero-order chi connectivity index (χ0) is 32.6. The molecule has 0 amide bonds. The van der Waals surface area contributed by atoms with Gasteiger partial charge in [-0.1, -0.05) is 139 Å². The van der Waals surface area contributed by atoms with Crippen LogP contribution in [0.5, 0.6) is 0 Å². The second kappa shape index (κ2) is 12.6.